The van der Waals surface area contributed by atoms with Gasteiger partial charge in [-0.25, -0.2) is 4.39 Å². The average Bonchev–Trinajstić information content (AvgIpc) is 2.01. The lowest BCUT2D eigenvalue weighted by Gasteiger charge is -2.13. The van der Waals surface area contributed by atoms with Crippen molar-refractivity contribution in [1.29, 1.82) is 0 Å². The molecule has 15 heavy (non-hydrogen) atoms. The number of halogens is 4. The Bertz CT molecular complexity index is 315. The minimum absolute atomic E-state index is 0. The molecule has 0 saturated heterocycles. The van der Waals surface area contributed by atoms with Crippen molar-refractivity contribution in [2.24, 2.45) is 5.73 Å². The molecular formula is C9H11Br2ClFNO. The van der Waals surface area contributed by atoms with Crippen LogP contribution in [0.2, 0.25) is 0 Å². The highest BCUT2D eigenvalue weighted by atomic mass is 79.9. The summed E-state index contributed by atoms with van der Waals surface area (Å²) < 4.78 is 14.7. The van der Waals surface area contributed by atoms with Crippen LogP contribution in [-0.4, -0.2) is 11.7 Å². The molecule has 0 bridgehead atoms. The first-order valence-corrected chi connectivity index (χ1v) is 5.65. The second kappa shape index (κ2) is 6.81. The van der Waals surface area contributed by atoms with Crippen LogP contribution in [-0.2, 0) is 0 Å². The molecule has 0 spiro atoms. The first kappa shape index (κ1) is 15.3. The summed E-state index contributed by atoms with van der Waals surface area (Å²) in [5, 5.41) is 8.71. The predicted octanol–water partition coefficient (Wildman–Crippen LogP) is 3.15. The van der Waals surface area contributed by atoms with E-state index in [0.717, 1.165) is 0 Å². The van der Waals surface area contributed by atoms with Gasteiger partial charge in [-0.2, -0.15) is 0 Å². The topological polar surface area (TPSA) is 46.2 Å². The van der Waals surface area contributed by atoms with Crippen molar-refractivity contribution in [2.75, 3.05) is 6.61 Å². The minimum Gasteiger partial charge on any atom is -0.396 e. The maximum atomic E-state index is 13.5. The Labute approximate surface area is 111 Å². The van der Waals surface area contributed by atoms with E-state index >= 15 is 0 Å². The molecule has 0 saturated carbocycles. The van der Waals surface area contributed by atoms with E-state index in [1.807, 2.05) is 0 Å². The fourth-order valence-corrected chi connectivity index (χ4v) is 2.66. The van der Waals surface area contributed by atoms with Gasteiger partial charge in [-0.15, -0.1) is 12.4 Å². The van der Waals surface area contributed by atoms with Gasteiger partial charge in [0, 0.05) is 27.2 Å². The second-order valence-corrected chi connectivity index (χ2v) is 4.67. The Morgan fingerprint density at radius 3 is 2.47 bits per heavy atom. The van der Waals surface area contributed by atoms with E-state index in [-0.39, 0.29) is 24.8 Å². The maximum absolute atomic E-state index is 13.5. The molecule has 0 aliphatic rings. The van der Waals surface area contributed by atoms with E-state index in [1.165, 1.54) is 6.07 Å². The van der Waals surface area contributed by atoms with Gasteiger partial charge < -0.3 is 10.8 Å². The minimum atomic E-state index is -0.484. The fourth-order valence-electron chi connectivity index (χ4n) is 1.19. The van der Waals surface area contributed by atoms with E-state index in [4.69, 9.17) is 10.8 Å². The summed E-state index contributed by atoms with van der Waals surface area (Å²) in [6.45, 7) is -0.0525. The van der Waals surface area contributed by atoms with Gasteiger partial charge in [0.25, 0.3) is 0 Å². The Balaban J connectivity index is 0.00000196. The Morgan fingerprint density at radius 2 is 2.00 bits per heavy atom. The lowest BCUT2D eigenvalue weighted by molar-refractivity contribution is 0.275. The van der Waals surface area contributed by atoms with Gasteiger partial charge in [-0.1, -0.05) is 31.9 Å². The first-order valence-electron chi connectivity index (χ1n) is 4.07. The van der Waals surface area contributed by atoms with Crippen molar-refractivity contribution in [1.82, 2.24) is 0 Å². The van der Waals surface area contributed by atoms with E-state index in [2.05, 4.69) is 31.9 Å². The van der Waals surface area contributed by atoms with Crippen molar-refractivity contribution in [3.05, 3.63) is 32.5 Å². The molecule has 1 aromatic carbocycles. The Hall–Kier alpha value is 0.320. The lowest BCUT2D eigenvalue weighted by atomic mass is 10.0. The van der Waals surface area contributed by atoms with E-state index in [9.17, 15) is 4.39 Å². The molecule has 1 atom stereocenters. The molecular weight excluding hydrogens is 352 g/mol. The van der Waals surface area contributed by atoms with Crippen LogP contribution in [0.3, 0.4) is 0 Å². The molecule has 3 N–H and O–H groups in total. The number of hydrogen-bond acceptors (Lipinski definition) is 2. The summed E-state index contributed by atoms with van der Waals surface area (Å²) in [6.07, 6.45) is 0.344. The molecule has 2 nitrogen and oxygen atoms in total. The van der Waals surface area contributed by atoms with Gasteiger partial charge in [0.2, 0.25) is 0 Å². The summed E-state index contributed by atoms with van der Waals surface area (Å²) in [4.78, 5) is 0. The van der Waals surface area contributed by atoms with Crippen LogP contribution in [0.5, 0.6) is 0 Å². The zero-order valence-electron chi connectivity index (χ0n) is 7.71. The molecule has 0 radical (unpaired) electrons. The predicted molar refractivity (Wildman–Crippen MR) is 67.7 cm³/mol. The van der Waals surface area contributed by atoms with Crippen molar-refractivity contribution in [3.63, 3.8) is 0 Å². The third-order valence-corrected chi connectivity index (χ3v) is 2.97. The smallest absolute Gasteiger partial charge is 0.130 e. The van der Waals surface area contributed by atoms with Gasteiger partial charge in [0.15, 0.2) is 0 Å². The van der Waals surface area contributed by atoms with Crippen molar-refractivity contribution in [3.8, 4) is 0 Å². The van der Waals surface area contributed by atoms with Crippen molar-refractivity contribution >= 4 is 44.3 Å². The quantitative estimate of drug-likeness (QED) is 0.867. The van der Waals surface area contributed by atoms with Gasteiger partial charge in [0.1, 0.15) is 5.82 Å². The molecule has 1 rings (SSSR count). The van der Waals surface area contributed by atoms with Gasteiger partial charge in [0.05, 0.1) is 0 Å². The highest BCUT2D eigenvalue weighted by Gasteiger charge is 2.15. The molecule has 0 heterocycles. The van der Waals surface area contributed by atoms with Gasteiger partial charge in [-0.05, 0) is 18.6 Å². The van der Waals surface area contributed by atoms with E-state index in [0.29, 0.717) is 20.9 Å². The zero-order valence-corrected chi connectivity index (χ0v) is 11.7. The first-order chi connectivity index (χ1) is 6.56. The van der Waals surface area contributed by atoms with Crippen LogP contribution < -0.4 is 5.73 Å². The highest BCUT2D eigenvalue weighted by Crippen LogP contribution is 2.30. The largest absolute Gasteiger partial charge is 0.396 e. The number of nitrogens with two attached hydrogens (primary N) is 1. The molecule has 0 fully saturated rings. The zero-order chi connectivity index (χ0) is 10.7. The van der Waals surface area contributed by atoms with Crippen LogP contribution in [0.1, 0.15) is 18.0 Å². The fraction of sp³-hybridized carbons (Fsp3) is 0.333. The molecule has 0 aliphatic carbocycles. The van der Waals surface area contributed by atoms with Crippen molar-refractivity contribution < 1.29 is 9.50 Å². The molecule has 1 aromatic rings. The summed E-state index contributed by atoms with van der Waals surface area (Å²) in [7, 11) is 0. The number of hydrogen-bond donors (Lipinski definition) is 2. The number of aliphatic hydroxyl groups is 1. The van der Waals surface area contributed by atoms with E-state index < -0.39 is 6.04 Å². The monoisotopic (exact) mass is 361 g/mol. The number of benzene rings is 1. The molecule has 6 heteroatoms. The van der Waals surface area contributed by atoms with Gasteiger partial charge in [-0.3, -0.25) is 0 Å². The molecule has 86 valence electrons. The molecule has 0 aromatic heterocycles. The third-order valence-electron chi connectivity index (χ3n) is 1.85. The summed E-state index contributed by atoms with van der Waals surface area (Å²) >= 11 is 6.41. The SMILES string of the molecule is Cl.NC(CCO)c1c(F)cc(Br)cc1Br. The van der Waals surface area contributed by atoms with Crippen LogP contribution in [0, 0.1) is 5.82 Å². The van der Waals surface area contributed by atoms with Crippen LogP contribution in [0.15, 0.2) is 21.1 Å². The van der Waals surface area contributed by atoms with Crippen LogP contribution in [0.25, 0.3) is 0 Å². The standard InChI is InChI=1S/C9H10Br2FNO.ClH/c10-5-3-6(11)9(7(12)4-5)8(13)1-2-14;/h3-4,8,14H,1-2,13H2;1H. The molecule has 1 unspecified atom stereocenters. The Kier molecular flexibility index (Phi) is 6.95. The number of rotatable bonds is 3. The van der Waals surface area contributed by atoms with E-state index in [1.54, 1.807) is 6.07 Å². The van der Waals surface area contributed by atoms with Gasteiger partial charge >= 0.3 is 0 Å². The second-order valence-electron chi connectivity index (χ2n) is 2.90. The normalized spacial score (nSPS) is 12.1. The summed E-state index contributed by atoms with van der Waals surface area (Å²) in [6, 6.07) is 2.61. The molecule has 0 amide bonds. The maximum Gasteiger partial charge on any atom is 0.130 e. The Morgan fingerprint density at radius 1 is 1.40 bits per heavy atom. The summed E-state index contributed by atoms with van der Waals surface area (Å²) in [5.74, 6) is -0.368. The number of aliphatic hydroxyl groups excluding tert-OH is 1. The third kappa shape index (κ3) is 4.00. The van der Waals surface area contributed by atoms with Crippen LogP contribution >= 0.6 is 44.3 Å². The highest BCUT2D eigenvalue weighted by molar-refractivity contribution is 9.11. The van der Waals surface area contributed by atoms with Crippen LogP contribution in [0.4, 0.5) is 4.39 Å². The van der Waals surface area contributed by atoms with Crippen molar-refractivity contribution in [2.45, 2.75) is 12.5 Å². The lowest BCUT2D eigenvalue weighted by Crippen LogP contribution is -2.14. The molecule has 0 aliphatic heterocycles. The summed E-state index contributed by atoms with van der Waals surface area (Å²) in [5.41, 5.74) is 6.12. The average molecular weight is 363 g/mol.